The molecule has 0 bridgehead atoms. The summed E-state index contributed by atoms with van der Waals surface area (Å²) in [6, 6.07) is 1.91. The van der Waals surface area contributed by atoms with E-state index in [1.54, 1.807) is 12.4 Å². The lowest BCUT2D eigenvalue weighted by Crippen LogP contribution is -2.15. The van der Waals surface area contributed by atoms with Gasteiger partial charge in [0.1, 0.15) is 0 Å². The summed E-state index contributed by atoms with van der Waals surface area (Å²) in [5, 5.41) is 0. The zero-order valence-electron chi connectivity index (χ0n) is 9.61. The zero-order chi connectivity index (χ0) is 11.4. The average molecular weight is 235 g/mol. The number of Topliss-reactive ketones (excluding diaryl/α,β-unsaturated/α-hetero) is 1. The molecule has 0 saturated carbocycles. The van der Waals surface area contributed by atoms with E-state index in [1.807, 2.05) is 24.8 Å². The van der Waals surface area contributed by atoms with E-state index < -0.39 is 0 Å². The van der Waals surface area contributed by atoms with Crippen molar-refractivity contribution in [3.05, 3.63) is 29.6 Å². The SMILES string of the molecule is Cc1ccncc1C(=O)CC1CCSCC1. The van der Waals surface area contributed by atoms with E-state index in [2.05, 4.69) is 4.98 Å². The lowest BCUT2D eigenvalue weighted by Gasteiger charge is -2.20. The Morgan fingerprint density at radius 2 is 2.25 bits per heavy atom. The minimum Gasteiger partial charge on any atom is -0.294 e. The molecule has 0 radical (unpaired) electrons. The summed E-state index contributed by atoms with van der Waals surface area (Å²) in [7, 11) is 0. The highest BCUT2D eigenvalue weighted by Gasteiger charge is 2.19. The van der Waals surface area contributed by atoms with E-state index in [9.17, 15) is 4.79 Å². The van der Waals surface area contributed by atoms with E-state index in [1.165, 1.54) is 24.3 Å². The summed E-state index contributed by atoms with van der Waals surface area (Å²) >= 11 is 2.00. The third kappa shape index (κ3) is 2.85. The number of nitrogens with zero attached hydrogens (tertiary/aromatic N) is 1. The van der Waals surface area contributed by atoms with Gasteiger partial charge in [-0.2, -0.15) is 11.8 Å². The van der Waals surface area contributed by atoms with Crippen molar-refractivity contribution in [2.24, 2.45) is 5.92 Å². The van der Waals surface area contributed by atoms with Crippen LogP contribution in [-0.2, 0) is 0 Å². The minimum atomic E-state index is 0.266. The molecule has 0 spiro atoms. The third-order valence-corrected chi connectivity index (χ3v) is 4.20. The number of carbonyl (C=O) groups is 1. The molecule has 2 rings (SSSR count). The van der Waals surface area contributed by atoms with Crippen LogP contribution in [0.1, 0.15) is 35.2 Å². The van der Waals surface area contributed by atoms with Crippen LogP contribution in [0.3, 0.4) is 0 Å². The predicted octanol–water partition coefficient (Wildman–Crippen LogP) is 3.11. The molecule has 1 saturated heterocycles. The highest BCUT2D eigenvalue weighted by molar-refractivity contribution is 7.99. The van der Waals surface area contributed by atoms with Crippen LogP contribution >= 0.6 is 11.8 Å². The second-order valence-electron chi connectivity index (χ2n) is 4.37. The van der Waals surface area contributed by atoms with Gasteiger partial charge < -0.3 is 0 Å². The molecule has 1 aromatic rings. The first-order valence-corrected chi connectivity index (χ1v) is 6.94. The number of pyridine rings is 1. The van der Waals surface area contributed by atoms with Crippen molar-refractivity contribution in [3.8, 4) is 0 Å². The van der Waals surface area contributed by atoms with Crippen molar-refractivity contribution < 1.29 is 4.79 Å². The first kappa shape index (κ1) is 11.6. The van der Waals surface area contributed by atoms with Crippen molar-refractivity contribution in [1.29, 1.82) is 0 Å². The van der Waals surface area contributed by atoms with Crippen LogP contribution in [0.15, 0.2) is 18.5 Å². The second-order valence-corrected chi connectivity index (χ2v) is 5.60. The Hall–Kier alpha value is -0.830. The molecule has 86 valence electrons. The first-order valence-electron chi connectivity index (χ1n) is 5.79. The van der Waals surface area contributed by atoms with Gasteiger partial charge in [-0.25, -0.2) is 0 Å². The number of carbonyl (C=O) groups excluding carboxylic acids is 1. The smallest absolute Gasteiger partial charge is 0.164 e. The number of rotatable bonds is 3. The molecule has 0 amide bonds. The summed E-state index contributed by atoms with van der Waals surface area (Å²) in [6.07, 6.45) is 6.52. The monoisotopic (exact) mass is 235 g/mol. The van der Waals surface area contributed by atoms with Crippen molar-refractivity contribution in [3.63, 3.8) is 0 Å². The molecular weight excluding hydrogens is 218 g/mol. The van der Waals surface area contributed by atoms with Gasteiger partial charge in [-0.3, -0.25) is 9.78 Å². The summed E-state index contributed by atoms with van der Waals surface area (Å²) in [4.78, 5) is 16.1. The fourth-order valence-electron chi connectivity index (χ4n) is 2.08. The minimum absolute atomic E-state index is 0.266. The fourth-order valence-corrected chi connectivity index (χ4v) is 3.28. The van der Waals surface area contributed by atoms with Gasteiger partial charge in [0.05, 0.1) is 0 Å². The molecule has 0 aliphatic carbocycles. The molecule has 3 heteroatoms. The lowest BCUT2D eigenvalue weighted by atomic mass is 9.93. The molecule has 1 aliphatic rings. The van der Waals surface area contributed by atoms with Crippen LogP contribution in [0.25, 0.3) is 0 Å². The average Bonchev–Trinajstić information content (AvgIpc) is 2.31. The molecule has 16 heavy (non-hydrogen) atoms. The molecule has 2 nitrogen and oxygen atoms in total. The maximum atomic E-state index is 12.1. The van der Waals surface area contributed by atoms with Gasteiger partial charge in [-0.05, 0) is 48.8 Å². The number of aryl methyl sites for hydroxylation is 1. The van der Waals surface area contributed by atoms with Crippen LogP contribution in [0, 0.1) is 12.8 Å². The third-order valence-electron chi connectivity index (χ3n) is 3.15. The Kier molecular flexibility index (Phi) is 3.99. The maximum Gasteiger partial charge on any atom is 0.164 e. The van der Waals surface area contributed by atoms with Crippen molar-refractivity contribution in [2.45, 2.75) is 26.2 Å². The normalized spacial score (nSPS) is 17.3. The lowest BCUT2D eigenvalue weighted by molar-refractivity contribution is 0.0958. The first-order chi connectivity index (χ1) is 7.77. The van der Waals surface area contributed by atoms with Crippen molar-refractivity contribution in [2.75, 3.05) is 11.5 Å². The zero-order valence-corrected chi connectivity index (χ0v) is 10.4. The quantitative estimate of drug-likeness (QED) is 0.754. The number of ketones is 1. The Labute approximate surface area is 101 Å². The maximum absolute atomic E-state index is 12.1. The molecule has 0 unspecified atom stereocenters. The Balaban J connectivity index is 2.00. The Bertz CT molecular complexity index is 372. The van der Waals surface area contributed by atoms with Crippen LogP contribution in [0.2, 0.25) is 0 Å². The standard InChI is InChI=1S/C13H17NOS/c1-10-2-5-14-9-12(10)13(15)8-11-3-6-16-7-4-11/h2,5,9,11H,3-4,6-8H2,1H3. The number of aromatic nitrogens is 1. The molecule has 2 heterocycles. The van der Waals surface area contributed by atoms with E-state index >= 15 is 0 Å². The molecular formula is C13H17NOS. The molecule has 0 aromatic carbocycles. The van der Waals surface area contributed by atoms with E-state index in [0.717, 1.165) is 11.1 Å². The largest absolute Gasteiger partial charge is 0.294 e. The van der Waals surface area contributed by atoms with Crippen LogP contribution in [0.4, 0.5) is 0 Å². The van der Waals surface area contributed by atoms with Gasteiger partial charge in [0.2, 0.25) is 0 Å². The predicted molar refractivity (Wildman–Crippen MR) is 68.0 cm³/mol. The summed E-state index contributed by atoms with van der Waals surface area (Å²) < 4.78 is 0. The van der Waals surface area contributed by atoms with Gasteiger partial charge >= 0.3 is 0 Å². The van der Waals surface area contributed by atoms with Gasteiger partial charge in [0.15, 0.2) is 5.78 Å². The topological polar surface area (TPSA) is 30.0 Å². The van der Waals surface area contributed by atoms with Crippen molar-refractivity contribution in [1.82, 2.24) is 4.98 Å². The van der Waals surface area contributed by atoms with Crippen LogP contribution < -0.4 is 0 Å². The fraction of sp³-hybridized carbons (Fsp3) is 0.538. The second kappa shape index (κ2) is 5.48. The van der Waals surface area contributed by atoms with Gasteiger partial charge in [-0.15, -0.1) is 0 Å². The van der Waals surface area contributed by atoms with Gasteiger partial charge in [-0.1, -0.05) is 0 Å². The highest BCUT2D eigenvalue weighted by Crippen LogP contribution is 2.26. The molecule has 0 atom stereocenters. The highest BCUT2D eigenvalue weighted by atomic mass is 32.2. The molecule has 1 aliphatic heterocycles. The number of hydrogen-bond acceptors (Lipinski definition) is 3. The Morgan fingerprint density at radius 3 is 2.94 bits per heavy atom. The van der Waals surface area contributed by atoms with E-state index in [0.29, 0.717) is 12.3 Å². The number of hydrogen-bond donors (Lipinski definition) is 0. The van der Waals surface area contributed by atoms with Crippen molar-refractivity contribution >= 4 is 17.5 Å². The van der Waals surface area contributed by atoms with Gasteiger partial charge in [0.25, 0.3) is 0 Å². The molecule has 1 fully saturated rings. The van der Waals surface area contributed by atoms with Crippen LogP contribution in [-0.4, -0.2) is 22.3 Å². The van der Waals surface area contributed by atoms with Crippen LogP contribution in [0.5, 0.6) is 0 Å². The summed E-state index contributed by atoms with van der Waals surface area (Å²) in [5.41, 5.74) is 1.85. The number of thioether (sulfide) groups is 1. The van der Waals surface area contributed by atoms with E-state index in [-0.39, 0.29) is 5.78 Å². The van der Waals surface area contributed by atoms with Gasteiger partial charge in [0, 0.05) is 24.4 Å². The Morgan fingerprint density at radius 1 is 1.50 bits per heavy atom. The summed E-state index contributed by atoms with van der Waals surface area (Å²) in [5.74, 6) is 3.28. The molecule has 0 N–H and O–H groups in total. The molecule has 1 aromatic heterocycles. The van der Waals surface area contributed by atoms with E-state index in [4.69, 9.17) is 0 Å². The summed E-state index contributed by atoms with van der Waals surface area (Å²) in [6.45, 7) is 1.98.